The van der Waals surface area contributed by atoms with Gasteiger partial charge in [-0.2, -0.15) is 0 Å². The molecule has 1 aromatic rings. The van der Waals surface area contributed by atoms with E-state index >= 15 is 0 Å². The number of piperidine rings is 1. The fraction of sp³-hybridized carbons (Fsp3) is 0.438. The van der Waals surface area contributed by atoms with E-state index in [1.165, 1.54) is 0 Å². The zero-order valence-electron chi connectivity index (χ0n) is 12.6. The largest absolute Gasteiger partial charge is 0.341 e. The summed E-state index contributed by atoms with van der Waals surface area (Å²) in [6.07, 6.45) is 1.91. The van der Waals surface area contributed by atoms with Gasteiger partial charge in [0.1, 0.15) is 6.54 Å². The van der Waals surface area contributed by atoms with Crippen LogP contribution in [0.4, 0.5) is 4.79 Å². The van der Waals surface area contributed by atoms with Gasteiger partial charge in [0, 0.05) is 24.0 Å². The predicted molar refractivity (Wildman–Crippen MR) is 85.1 cm³/mol. The Morgan fingerprint density at radius 2 is 2.00 bits per heavy atom. The first-order valence-corrected chi connectivity index (χ1v) is 8.04. The Morgan fingerprint density at radius 3 is 2.65 bits per heavy atom. The molecule has 0 radical (unpaired) electrons. The van der Waals surface area contributed by atoms with Gasteiger partial charge < -0.3 is 10.2 Å². The van der Waals surface area contributed by atoms with E-state index in [1.54, 1.807) is 4.90 Å². The fourth-order valence-electron chi connectivity index (χ4n) is 3.06. The summed E-state index contributed by atoms with van der Waals surface area (Å²) in [5.74, 6) is -0.281. The predicted octanol–water partition coefficient (Wildman–Crippen LogP) is 1.60. The molecule has 0 aliphatic carbocycles. The third kappa shape index (κ3) is 3.47. The highest BCUT2D eigenvalue weighted by Gasteiger charge is 2.33. The van der Waals surface area contributed by atoms with Crippen molar-refractivity contribution in [2.45, 2.75) is 18.8 Å². The fourth-order valence-corrected chi connectivity index (χ4v) is 3.19. The highest BCUT2D eigenvalue weighted by molar-refractivity contribution is 6.30. The van der Waals surface area contributed by atoms with Crippen molar-refractivity contribution in [2.75, 3.05) is 26.2 Å². The second-order valence-electron chi connectivity index (χ2n) is 5.87. The molecular weight excluding hydrogens is 318 g/mol. The maximum absolute atomic E-state index is 12.4. The first-order valence-electron chi connectivity index (χ1n) is 7.66. The van der Waals surface area contributed by atoms with Gasteiger partial charge in [-0.3, -0.25) is 14.5 Å². The summed E-state index contributed by atoms with van der Waals surface area (Å²) >= 11 is 5.91. The number of carbonyl (C=O) groups is 3. The molecule has 3 rings (SSSR count). The highest BCUT2D eigenvalue weighted by atomic mass is 35.5. The van der Waals surface area contributed by atoms with Crippen molar-refractivity contribution in [3.63, 3.8) is 0 Å². The van der Waals surface area contributed by atoms with Crippen LogP contribution in [0.1, 0.15) is 24.3 Å². The smallest absolute Gasteiger partial charge is 0.325 e. The summed E-state index contributed by atoms with van der Waals surface area (Å²) in [6.45, 7) is 1.05. The Kier molecular flexibility index (Phi) is 4.52. The van der Waals surface area contributed by atoms with Gasteiger partial charge in [-0.05, 0) is 30.5 Å². The highest BCUT2D eigenvalue weighted by Crippen LogP contribution is 2.28. The Morgan fingerprint density at radius 1 is 1.26 bits per heavy atom. The molecule has 6 nitrogen and oxygen atoms in total. The van der Waals surface area contributed by atoms with Crippen LogP contribution < -0.4 is 5.32 Å². The van der Waals surface area contributed by atoms with E-state index in [9.17, 15) is 14.4 Å². The van der Waals surface area contributed by atoms with Crippen LogP contribution in [0.2, 0.25) is 5.02 Å². The lowest BCUT2D eigenvalue weighted by molar-refractivity contribution is -0.137. The molecule has 1 N–H and O–H groups in total. The van der Waals surface area contributed by atoms with Crippen molar-refractivity contribution >= 4 is 29.4 Å². The Hall–Kier alpha value is -2.08. The van der Waals surface area contributed by atoms with E-state index in [0.29, 0.717) is 18.1 Å². The van der Waals surface area contributed by atoms with E-state index in [-0.39, 0.29) is 30.8 Å². The third-order valence-electron chi connectivity index (χ3n) is 4.35. The SMILES string of the molecule is O=C(CN1C(=O)CNC1=O)N1CCCC(c2ccc(Cl)cc2)C1. The van der Waals surface area contributed by atoms with E-state index < -0.39 is 6.03 Å². The Labute approximate surface area is 139 Å². The minimum atomic E-state index is -0.491. The topological polar surface area (TPSA) is 69.7 Å². The molecule has 2 aliphatic rings. The van der Waals surface area contributed by atoms with Crippen molar-refractivity contribution in [1.29, 1.82) is 0 Å². The van der Waals surface area contributed by atoms with E-state index in [4.69, 9.17) is 11.6 Å². The summed E-state index contributed by atoms with van der Waals surface area (Å²) < 4.78 is 0. The number of urea groups is 1. The molecule has 4 amide bonds. The number of hydrogen-bond donors (Lipinski definition) is 1. The maximum atomic E-state index is 12.4. The lowest BCUT2D eigenvalue weighted by Gasteiger charge is -2.33. The number of nitrogens with zero attached hydrogens (tertiary/aromatic N) is 2. The van der Waals surface area contributed by atoms with Gasteiger partial charge in [-0.15, -0.1) is 0 Å². The quantitative estimate of drug-likeness (QED) is 0.853. The van der Waals surface area contributed by atoms with Crippen LogP contribution in [0.5, 0.6) is 0 Å². The number of rotatable bonds is 3. The average Bonchev–Trinajstić information content (AvgIpc) is 2.87. The molecule has 0 spiro atoms. The Bertz CT molecular complexity index is 616. The van der Waals surface area contributed by atoms with Crippen molar-refractivity contribution in [3.8, 4) is 0 Å². The van der Waals surface area contributed by atoms with Crippen LogP contribution in [-0.4, -0.2) is 53.8 Å². The van der Waals surface area contributed by atoms with Gasteiger partial charge in [-0.25, -0.2) is 4.79 Å². The molecule has 23 heavy (non-hydrogen) atoms. The van der Waals surface area contributed by atoms with Gasteiger partial charge in [0.2, 0.25) is 5.91 Å². The van der Waals surface area contributed by atoms with Crippen molar-refractivity contribution in [2.24, 2.45) is 0 Å². The van der Waals surface area contributed by atoms with Gasteiger partial charge in [0.05, 0.1) is 6.54 Å². The number of carbonyl (C=O) groups excluding carboxylic acids is 3. The number of nitrogens with one attached hydrogen (secondary N) is 1. The molecule has 122 valence electrons. The average molecular weight is 336 g/mol. The molecule has 1 aromatic carbocycles. The summed E-state index contributed by atoms with van der Waals surface area (Å²) in [7, 11) is 0. The summed E-state index contributed by atoms with van der Waals surface area (Å²) in [6, 6.07) is 7.18. The van der Waals surface area contributed by atoms with Crippen LogP contribution in [-0.2, 0) is 9.59 Å². The summed E-state index contributed by atoms with van der Waals surface area (Å²) in [5.41, 5.74) is 1.15. The molecule has 2 saturated heterocycles. The van der Waals surface area contributed by atoms with Crippen LogP contribution in [0, 0.1) is 0 Å². The van der Waals surface area contributed by atoms with Gasteiger partial charge in [0.25, 0.3) is 5.91 Å². The monoisotopic (exact) mass is 335 g/mol. The number of likely N-dealkylation sites (tertiary alicyclic amines) is 1. The maximum Gasteiger partial charge on any atom is 0.325 e. The molecule has 7 heteroatoms. The minimum Gasteiger partial charge on any atom is -0.341 e. The summed E-state index contributed by atoms with van der Waals surface area (Å²) in [4.78, 5) is 38.2. The standard InChI is InChI=1S/C16H18ClN3O3/c17-13-5-3-11(4-6-13)12-2-1-7-19(9-12)15(22)10-20-14(21)8-18-16(20)23/h3-6,12H,1-2,7-10H2,(H,18,23). The van der Waals surface area contributed by atoms with Gasteiger partial charge in [0.15, 0.2) is 0 Å². The summed E-state index contributed by atoms with van der Waals surface area (Å²) in [5, 5.41) is 3.11. The molecule has 0 bridgehead atoms. The second kappa shape index (κ2) is 6.58. The van der Waals surface area contributed by atoms with E-state index in [2.05, 4.69) is 5.32 Å². The first-order chi connectivity index (χ1) is 11.0. The van der Waals surface area contributed by atoms with Crippen molar-refractivity contribution in [1.82, 2.24) is 15.1 Å². The Balaban J connectivity index is 1.63. The minimum absolute atomic E-state index is 0.0283. The number of benzene rings is 1. The lowest BCUT2D eigenvalue weighted by Crippen LogP contribution is -2.46. The molecule has 0 saturated carbocycles. The van der Waals surface area contributed by atoms with Gasteiger partial charge in [-0.1, -0.05) is 23.7 Å². The molecule has 0 aromatic heterocycles. The number of amides is 4. The van der Waals surface area contributed by atoms with Crippen molar-refractivity contribution < 1.29 is 14.4 Å². The van der Waals surface area contributed by atoms with Crippen LogP contribution in [0.25, 0.3) is 0 Å². The number of halogens is 1. The molecule has 2 heterocycles. The molecule has 1 unspecified atom stereocenters. The molecule has 1 atom stereocenters. The molecule has 2 fully saturated rings. The van der Waals surface area contributed by atoms with Crippen LogP contribution in [0.15, 0.2) is 24.3 Å². The van der Waals surface area contributed by atoms with Crippen LogP contribution in [0.3, 0.4) is 0 Å². The zero-order valence-corrected chi connectivity index (χ0v) is 13.4. The molecule has 2 aliphatic heterocycles. The normalized spacial score (nSPS) is 21.5. The number of hydrogen-bond acceptors (Lipinski definition) is 3. The van der Waals surface area contributed by atoms with E-state index in [0.717, 1.165) is 23.3 Å². The second-order valence-corrected chi connectivity index (χ2v) is 6.31. The van der Waals surface area contributed by atoms with Crippen molar-refractivity contribution in [3.05, 3.63) is 34.9 Å². The first kappa shape index (κ1) is 15.8. The zero-order chi connectivity index (χ0) is 16.4. The van der Waals surface area contributed by atoms with Gasteiger partial charge >= 0.3 is 6.03 Å². The van der Waals surface area contributed by atoms with Crippen LogP contribution >= 0.6 is 11.6 Å². The number of imide groups is 1. The third-order valence-corrected chi connectivity index (χ3v) is 4.60. The van der Waals surface area contributed by atoms with E-state index in [1.807, 2.05) is 24.3 Å². The molecular formula is C16H18ClN3O3. The lowest BCUT2D eigenvalue weighted by atomic mass is 9.90.